The van der Waals surface area contributed by atoms with E-state index >= 15 is 0 Å². The van der Waals surface area contributed by atoms with Gasteiger partial charge in [0.25, 0.3) is 0 Å². The molecule has 1 atom stereocenters. The Morgan fingerprint density at radius 3 is 3.05 bits per heavy atom. The van der Waals surface area contributed by atoms with Gasteiger partial charge in [0.15, 0.2) is 0 Å². The van der Waals surface area contributed by atoms with Gasteiger partial charge in [-0.3, -0.25) is 0 Å². The van der Waals surface area contributed by atoms with Crippen LogP contribution in [0, 0.1) is 0 Å². The molecule has 19 heavy (non-hydrogen) atoms. The molecule has 100 valence electrons. The summed E-state index contributed by atoms with van der Waals surface area (Å²) in [5, 5.41) is 13.2. The van der Waals surface area contributed by atoms with Gasteiger partial charge in [-0.25, -0.2) is 4.79 Å². The summed E-state index contributed by atoms with van der Waals surface area (Å²) in [6.07, 6.45) is 2.27. The highest BCUT2D eigenvalue weighted by molar-refractivity contribution is 6.08. The van der Waals surface area contributed by atoms with Gasteiger partial charge in [-0.1, -0.05) is 18.2 Å². The van der Waals surface area contributed by atoms with Gasteiger partial charge in [-0.05, 0) is 18.9 Å². The molecule has 1 unspecified atom stereocenters. The second-order valence-electron chi connectivity index (χ2n) is 4.74. The van der Waals surface area contributed by atoms with Crippen molar-refractivity contribution in [3.8, 4) is 0 Å². The lowest BCUT2D eigenvalue weighted by atomic mass is 10.1. The Hall–Kier alpha value is -2.01. The summed E-state index contributed by atoms with van der Waals surface area (Å²) in [6.45, 7) is 1.43. The summed E-state index contributed by atoms with van der Waals surface area (Å²) in [4.78, 5) is 14.5. The number of aromatic carboxylic acids is 1. The molecule has 0 aliphatic carbocycles. The highest BCUT2D eigenvalue weighted by atomic mass is 16.5. The Morgan fingerprint density at radius 1 is 1.47 bits per heavy atom. The third-order valence-electron chi connectivity index (χ3n) is 3.45. The predicted octanol–water partition coefficient (Wildman–Crippen LogP) is 2.46. The molecular formula is C14H16N2O3. The molecule has 0 radical (unpaired) electrons. The molecule has 3 N–H and O–H groups in total. The first kappa shape index (κ1) is 12.0. The van der Waals surface area contributed by atoms with Crippen LogP contribution in [0.3, 0.4) is 0 Å². The van der Waals surface area contributed by atoms with Crippen LogP contribution in [-0.2, 0) is 4.74 Å². The van der Waals surface area contributed by atoms with Gasteiger partial charge in [0.2, 0.25) is 0 Å². The average molecular weight is 260 g/mol. The minimum atomic E-state index is -0.924. The fraction of sp³-hybridized carbons (Fsp3) is 0.357. The highest BCUT2D eigenvalue weighted by Gasteiger charge is 2.20. The van der Waals surface area contributed by atoms with E-state index in [1.807, 2.05) is 24.3 Å². The van der Waals surface area contributed by atoms with Gasteiger partial charge in [0.1, 0.15) is 11.4 Å². The maximum absolute atomic E-state index is 11.4. The normalized spacial score (nSPS) is 18.8. The first-order chi connectivity index (χ1) is 9.25. The van der Waals surface area contributed by atoms with E-state index in [0.717, 1.165) is 30.4 Å². The zero-order valence-electron chi connectivity index (χ0n) is 10.5. The quantitative estimate of drug-likeness (QED) is 0.789. The Balaban J connectivity index is 1.88. The predicted molar refractivity (Wildman–Crippen MR) is 72.7 cm³/mol. The lowest BCUT2D eigenvalue weighted by molar-refractivity contribution is 0.0699. The standard InChI is InChI=1S/C14H16N2O3/c17-14(18)12-10-5-1-2-6-11(10)16-13(12)15-8-9-4-3-7-19-9/h1-2,5-6,9,15-16H,3-4,7-8H2,(H,17,18). The van der Waals surface area contributed by atoms with E-state index in [0.29, 0.717) is 17.9 Å². The van der Waals surface area contributed by atoms with E-state index in [2.05, 4.69) is 10.3 Å². The van der Waals surface area contributed by atoms with Crippen LogP contribution >= 0.6 is 0 Å². The second kappa shape index (κ2) is 4.93. The Kier molecular flexibility index (Phi) is 3.13. The zero-order chi connectivity index (χ0) is 13.2. The van der Waals surface area contributed by atoms with Crippen LogP contribution in [0.1, 0.15) is 23.2 Å². The molecule has 0 amide bonds. The summed E-state index contributed by atoms with van der Waals surface area (Å²) in [7, 11) is 0. The number of H-pyrrole nitrogens is 1. The summed E-state index contributed by atoms with van der Waals surface area (Å²) >= 11 is 0. The lowest BCUT2D eigenvalue weighted by Crippen LogP contribution is -2.19. The first-order valence-corrected chi connectivity index (χ1v) is 6.45. The smallest absolute Gasteiger partial charge is 0.340 e. The van der Waals surface area contributed by atoms with Crippen molar-refractivity contribution in [3.63, 3.8) is 0 Å². The fourth-order valence-electron chi connectivity index (χ4n) is 2.52. The third-order valence-corrected chi connectivity index (χ3v) is 3.45. The molecule has 2 heterocycles. The van der Waals surface area contributed by atoms with Crippen molar-refractivity contribution in [2.45, 2.75) is 18.9 Å². The molecule has 1 aromatic carbocycles. The molecule has 1 fully saturated rings. The van der Waals surface area contributed by atoms with E-state index in [1.54, 1.807) is 0 Å². The number of carbonyl (C=O) groups is 1. The maximum atomic E-state index is 11.4. The van der Waals surface area contributed by atoms with Crippen LogP contribution < -0.4 is 5.32 Å². The molecule has 0 saturated carbocycles. The number of ether oxygens (including phenoxy) is 1. The number of rotatable bonds is 4. The average Bonchev–Trinajstić information content (AvgIpc) is 3.03. The Bertz CT molecular complexity index is 600. The topological polar surface area (TPSA) is 74.3 Å². The van der Waals surface area contributed by atoms with Crippen LogP contribution in [0.4, 0.5) is 5.82 Å². The van der Waals surface area contributed by atoms with E-state index in [4.69, 9.17) is 4.74 Å². The van der Waals surface area contributed by atoms with Gasteiger partial charge in [0, 0.05) is 24.1 Å². The number of aromatic amines is 1. The Morgan fingerprint density at radius 2 is 2.32 bits per heavy atom. The van der Waals surface area contributed by atoms with Gasteiger partial charge in [-0.2, -0.15) is 0 Å². The lowest BCUT2D eigenvalue weighted by Gasteiger charge is -2.11. The number of para-hydroxylation sites is 1. The van der Waals surface area contributed by atoms with Gasteiger partial charge >= 0.3 is 5.97 Å². The van der Waals surface area contributed by atoms with Crippen molar-refractivity contribution in [3.05, 3.63) is 29.8 Å². The number of fused-ring (bicyclic) bond motifs is 1. The summed E-state index contributed by atoms with van der Waals surface area (Å²) < 4.78 is 5.53. The van der Waals surface area contributed by atoms with Crippen LogP contribution in [-0.4, -0.2) is 35.3 Å². The van der Waals surface area contributed by atoms with Crippen molar-refractivity contribution >= 4 is 22.7 Å². The molecule has 1 aliphatic heterocycles. The van der Waals surface area contributed by atoms with Crippen molar-refractivity contribution in [1.29, 1.82) is 0 Å². The number of benzene rings is 1. The largest absolute Gasteiger partial charge is 0.478 e. The number of carboxylic acid groups (broad SMARTS) is 1. The summed E-state index contributed by atoms with van der Waals surface area (Å²) in [6, 6.07) is 7.41. The third kappa shape index (κ3) is 2.29. The highest BCUT2D eigenvalue weighted by Crippen LogP contribution is 2.26. The van der Waals surface area contributed by atoms with Crippen molar-refractivity contribution in [2.24, 2.45) is 0 Å². The SMILES string of the molecule is O=C(O)c1c(NCC2CCCO2)[nH]c2ccccc12. The zero-order valence-corrected chi connectivity index (χ0v) is 10.5. The number of hydrogen-bond acceptors (Lipinski definition) is 3. The number of carboxylic acids is 1. The molecule has 2 aromatic rings. The van der Waals surface area contributed by atoms with Crippen LogP contribution in [0.2, 0.25) is 0 Å². The maximum Gasteiger partial charge on any atom is 0.340 e. The van der Waals surface area contributed by atoms with Crippen LogP contribution in [0.15, 0.2) is 24.3 Å². The summed E-state index contributed by atoms with van der Waals surface area (Å²) in [5.41, 5.74) is 1.13. The van der Waals surface area contributed by atoms with E-state index in [1.165, 1.54) is 0 Å². The molecule has 1 aromatic heterocycles. The van der Waals surface area contributed by atoms with E-state index in [-0.39, 0.29) is 6.10 Å². The van der Waals surface area contributed by atoms with Crippen molar-refractivity contribution in [2.75, 3.05) is 18.5 Å². The van der Waals surface area contributed by atoms with Gasteiger partial charge in [0.05, 0.1) is 6.10 Å². The molecule has 5 heteroatoms. The molecule has 0 bridgehead atoms. The number of hydrogen-bond donors (Lipinski definition) is 3. The monoisotopic (exact) mass is 260 g/mol. The minimum Gasteiger partial charge on any atom is -0.478 e. The van der Waals surface area contributed by atoms with E-state index < -0.39 is 5.97 Å². The minimum absolute atomic E-state index is 0.174. The summed E-state index contributed by atoms with van der Waals surface area (Å²) in [5.74, 6) is -0.364. The molecule has 1 aliphatic rings. The van der Waals surface area contributed by atoms with Crippen LogP contribution in [0.25, 0.3) is 10.9 Å². The number of anilines is 1. The van der Waals surface area contributed by atoms with Gasteiger partial charge in [-0.15, -0.1) is 0 Å². The first-order valence-electron chi connectivity index (χ1n) is 6.45. The van der Waals surface area contributed by atoms with Crippen LogP contribution in [0.5, 0.6) is 0 Å². The fourth-order valence-corrected chi connectivity index (χ4v) is 2.52. The second-order valence-corrected chi connectivity index (χ2v) is 4.74. The number of nitrogens with one attached hydrogen (secondary N) is 2. The van der Waals surface area contributed by atoms with Gasteiger partial charge < -0.3 is 20.1 Å². The number of aromatic nitrogens is 1. The molecule has 5 nitrogen and oxygen atoms in total. The van der Waals surface area contributed by atoms with Crippen molar-refractivity contribution < 1.29 is 14.6 Å². The van der Waals surface area contributed by atoms with Crippen molar-refractivity contribution in [1.82, 2.24) is 4.98 Å². The molecular weight excluding hydrogens is 244 g/mol. The molecule has 1 saturated heterocycles. The Labute approximate surface area is 110 Å². The molecule has 0 spiro atoms. The van der Waals surface area contributed by atoms with E-state index in [9.17, 15) is 9.90 Å². The molecule has 3 rings (SSSR count).